The van der Waals surface area contributed by atoms with Crippen LogP contribution in [0.5, 0.6) is 0 Å². The van der Waals surface area contributed by atoms with Crippen molar-refractivity contribution in [3.63, 3.8) is 0 Å². The Morgan fingerprint density at radius 1 is 1.18 bits per heavy atom. The van der Waals surface area contributed by atoms with Gasteiger partial charge in [0, 0.05) is 0 Å². The number of benzene rings is 1. The van der Waals surface area contributed by atoms with Gasteiger partial charge < -0.3 is 6.92 Å². The van der Waals surface area contributed by atoms with E-state index in [1.807, 2.05) is 30.3 Å². The zero-order valence-corrected chi connectivity index (χ0v) is 9.92. The Balaban J connectivity index is 0. The van der Waals surface area contributed by atoms with E-state index in [0.717, 1.165) is 5.56 Å². The van der Waals surface area contributed by atoms with Gasteiger partial charge in [-0.1, -0.05) is 18.2 Å². The molecule has 1 rings (SSSR count). The van der Waals surface area contributed by atoms with Crippen molar-refractivity contribution in [2.75, 3.05) is 0 Å². The van der Waals surface area contributed by atoms with E-state index in [4.69, 9.17) is 6.58 Å². The molecule has 0 fully saturated rings. The van der Waals surface area contributed by atoms with Crippen LogP contribution in [0.1, 0.15) is 12.5 Å². The molecule has 0 unspecified atom stereocenters. The molecule has 11 heavy (non-hydrogen) atoms. The van der Waals surface area contributed by atoms with Crippen LogP contribution in [0, 0.1) is 13.5 Å². The van der Waals surface area contributed by atoms with Gasteiger partial charge >= 0.3 is 19.5 Å². The zero-order chi connectivity index (χ0) is 7.82. The van der Waals surface area contributed by atoms with E-state index in [0.29, 0.717) is 0 Å². The first kappa shape index (κ1) is 13.2. The molecule has 0 saturated carbocycles. The van der Waals surface area contributed by atoms with Gasteiger partial charge in [0.15, 0.2) is 0 Å². The SMILES string of the molecule is [CH-]=Cc1ccccc1.[CH2-]C.[Zn+2]. The Morgan fingerprint density at radius 2 is 1.64 bits per heavy atom. The predicted molar refractivity (Wildman–Crippen MR) is 46.2 cm³/mol. The Hall–Kier alpha value is -0.417. The normalized spacial score (nSPS) is 6.73. The van der Waals surface area contributed by atoms with Gasteiger partial charge in [0.25, 0.3) is 0 Å². The van der Waals surface area contributed by atoms with E-state index < -0.39 is 0 Å². The van der Waals surface area contributed by atoms with Crippen molar-refractivity contribution in [3.8, 4) is 0 Å². The minimum atomic E-state index is 0. The molecule has 0 nitrogen and oxygen atoms in total. The molecular weight excluding hydrogens is 185 g/mol. The van der Waals surface area contributed by atoms with E-state index in [1.165, 1.54) is 0 Å². The smallest absolute Gasteiger partial charge is 0.346 e. The quantitative estimate of drug-likeness (QED) is 0.480. The van der Waals surface area contributed by atoms with Gasteiger partial charge in [-0.3, -0.25) is 6.58 Å². The minimum absolute atomic E-state index is 0. The van der Waals surface area contributed by atoms with Crippen molar-refractivity contribution in [2.24, 2.45) is 0 Å². The summed E-state index contributed by atoms with van der Waals surface area (Å²) in [6, 6.07) is 9.80. The summed E-state index contributed by atoms with van der Waals surface area (Å²) in [4.78, 5) is 0. The third-order valence-corrected chi connectivity index (χ3v) is 0.992. The number of hydrogen-bond donors (Lipinski definition) is 0. The molecule has 0 amide bonds. The van der Waals surface area contributed by atoms with Gasteiger partial charge in [0.2, 0.25) is 0 Å². The summed E-state index contributed by atoms with van der Waals surface area (Å²) < 4.78 is 0. The van der Waals surface area contributed by atoms with Crippen molar-refractivity contribution >= 4 is 6.08 Å². The molecule has 0 aliphatic rings. The molecule has 0 bridgehead atoms. The van der Waals surface area contributed by atoms with E-state index in [-0.39, 0.29) is 19.5 Å². The van der Waals surface area contributed by atoms with Crippen molar-refractivity contribution in [1.82, 2.24) is 0 Å². The van der Waals surface area contributed by atoms with E-state index >= 15 is 0 Å². The van der Waals surface area contributed by atoms with Crippen LogP contribution in [0.4, 0.5) is 0 Å². The molecule has 0 aliphatic carbocycles. The Morgan fingerprint density at radius 3 is 1.91 bits per heavy atom. The average Bonchev–Trinajstić information content (AvgIpc) is 2.10. The van der Waals surface area contributed by atoms with Gasteiger partial charge in [0.05, 0.1) is 0 Å². The number of hydrogen-bond acceptors (Lipinski definition) is 0. The molecule has 0 spiro atoms. The van der Waals surface area contributed by atoms with Crippen LogP contribution in [0.25, 0.3) is 6.08 Å². The molecule has 0 aromatic heterocycles. The van der Waals surface area contributed by atoms with E-state index in [2.05, 4.69) is 6.92 Å². The van der Waals surface area contributed by atoms with Crippen LogP contribution >= 0.6 is 0 Å². The second-order valence-electron chi connectivity index (χ2n) is 1.58. The maximum absolute atomic E-state index is 5.22. The van der Waals surface area contributed by atoms with Gasteiger partial charge in [-0.2, -0.15) is 12.5 Å². The largest absolute Gasteiger partial charge is 2.00 e. The van der Waals surface area contributed by atoms with Crippen LogP contribution < -0.4 is 0 Å². The summed E-state index contributed by atoms with van der Waals surface area (Å²) >= 11 is 0. The Labute approximate surface area is 82.1 Å². The van der Waals surface area contributed by atoms with Gasteiger partial charge in [-0.25, -0.2) is 6.08 Å². The monoisotopic (exact) mass is 196 g/mol. The third-order valence-electron chi connectivity index (χ3n) is 0.992. The van der Waals surface area contributed by atoms with Crippen LogP contribution in [0.15, 0.2) is 30.3 Å². The molecule has 0 N–H and O–H groups in total. The van der Waals surface area contributed by atoms with E-state index in [9.17, 15) is 0 Å². The van der Waals surface area contributed by atoms with Crippen molar-refractivity contribution in [2.45, 2.75) is 6.92 Å². The Bertz CT molecular complexity index is 167. The standard InChI is InChI=1S/C8H7.C2H5.Zn/c1-2-8-6-4-3-5-7-8;1-2;/h1-7H;1H2,2H3;/q2*-1;+2. The molecule has 1 aromatic rings. The summed E-state index contributed by atoms with van der Waals surface area (Å²) in [6.07, 6.45) is 1.58. The molecule has 1 heteroatoms. The maximum Gasteiger partial charge on any atom is 2.00 e. The second-order valence-corrected chi connectivity index (χ2v) is 1.58. The molecule has 1 aromatic carbocycles. The fourth-order valence-corrected chi connectivity index (χ4v) is 0.564. The molecule has 0 radical (unpaired) electrons. The van der Waals surface area contributed by atoms with Crippen molar-refractivity contribution in [1.29, 1.82) is 0 Å². The zero-order valence-electron chi connectivity index (χ0n) is 6.96. The molecule has 0 saturated heterocycles. The first-order chi connectivity index (χ1) is 4.93. The van der Waals surface area contributed by atoms with Gasteiger partial charge in [-0.05, 0) is 0 Å². The summed E-state index contributed by atoms with van der Waals surface area (Å²) in [6.45, 7) is 10.2. The van der Waals surface area contributed by atoms with Crippen LogP contribution in [-0.4, -0.2) is 0 Å². The topological polar surface area (TPSA) is 0 Å². The molecule has 0 heterocycles. The fourth-order valence-electron chi connectivity index (χ4n) is 0.564. The minimum Gasteiger partial charge on any atom is -0.346 e. The molecule has 54 valence electrons. The van der Waals surface area contributed by atoms with Gasteiger partial charge in [-0.15, -0.1) is 12.1 Å². The van der Waals surface area contributed by atoms with Crippen LogP contribution in [0.3, 0.4) is 0 Å². The summed E-state index contributed by atoms with van der Waals surface area (Å²) in [7, 11) is 0. The number of rotatable bonds is 1. The molecule has 0 atom stereocenters. The predicted octanol–water partition coefficient (Wildman–Crippen LogP) is 2.97. The van der Waals surface area contributed by atoms with Crippen LogP contribution in [0.2, 0.25) is 0 Å². The summed E-state index contributed by atoms with van der Waals surface area (Å²) in [5.74, 6) is 0. The molecule has 0 aliphatic heterocycles. The molecular formula is C10H12Zn. The fraction of sp³-hybridized carbons (Fsp3) is 0.100. The summed E-state index contributed by atoms with van der Waals surface area (Å²) in [5, 5.41) is 0. The Kier molecular flexibility index (Phi) is 11.5. The van der Waals surface area contributed by atoms with Gasteiger partial charge in [0.1, 0.15) is 0 Å². The van der Waals surface area contributed by atoms with E-state index in [1.54, 1.807) is 13.0 Å². The van der Waals surface area contributed by atoms with Crippen LogP contribution in [-0.2, 0) is 19.5 Å². The van der Waals surface area contributed by atoms with Crippen molar-refractivity contribution in [3.05, 3.63) is 49.4 Å². The maximum atomic E-state index is 5.22. The average molecular weight is 198 g/mol. The first-order valence-electron chi connectivity index (χ1n) is 3.24. The summed E-state index contributed by atoms with van der Waals surface area (Å²) in [5.41, 5.74) is 1.06. The van der Waals surface area contributed by atoms with Crippen molar-refractivity contribution < 1.29 is 19.5 Å². The third kappa shape index (κ3) is 6.00. The first-order valence-corrected chi connectivity index (χ1v) is 3.24. The second kappa shape index (κ2) is 9.58.